The van der Waals surface area contributed by atoms with Crippen molar-refractivity contribution in [2.45, 2.75) is 37.1 Å². The molecule has 0 amide bonds. The van der Waals surface area contributed by atoms with Crippen LogP contribution in [0.3, 0.4) is 0 Å². The molecule has 72 valence electrons. The van der Waals surface area contributed by atoms with Gasteiger partial charge in [0.05, 0.1) is 5.69 Å². The molecule has 3 nitrogen and oxygen atoms in total. The average molecular weight is 197 g/mol. The third-order valence-corrected chi connectivity index (χ3v) is 2.48. The topological polar surface area (TPSA) is 51.8 Å². The normalized spacial score (nSPS) is 11.7. The Labute approximate surface area is 83.2 Å². The molecule has 0 radical (unpaired) electrons. The molecule has 0 unspecified atom stereocenters. The molecule has 2 N–H and O–H groups in total. The van der Waals surface area contributed by atoms with E-state index in [1.807, 2.05) is 0 Å². The number of nitrogens with two attached hydrogens (primary N) is 1. The van der Waals surface area contributed by atoms with Gasteiger partial charge in [0, 0.05) is 23.7 Å². The highest BCUT2D eigenvalue weighted by Crippen LogP contribution is 2.31. The van der Waals surface area contributed by atoms with Gasteiger partial charge in [-0.05, 0) is 0 Å². The Hall–Kier alpha value is -0.610. The molecule has 0 fully saturated rings. The van der Waals surface area contributed by atoms with Crippen LogP contribution in [0.2, 0.25) is 0 Å². The monoisotopic (exact) mass is 197 g/mol. The Morgan fingerprint density at radius 2 is 1.92 bits per heavy atom. The second kappa shape index (κ2) is 4.07. The summed E-state index contributed by atoms with van der Waals surface area (Å²) in [6.07, 6.45) is 3.38. The van der Waals surface area contributed by atoms with Crippen LogP contribution in [0.5, 0.6) is 0 Å². The van der Waals surface area contributed by atoms with Crippen molar-refractivity contribution in [2.24, 2.45) is 5.73 Å². The van der Waals surface area contributed by atoms with E-state index in [-0.39, 0.29) is 4.75 Å². The van der Waals surface area contributed by atoms with Crippen LogP contribution in [0.4, 0.5) is 0 Å². The van der Waals surface area contributed by atoms with Gasteiger partial charge in [0.25, 0.3) is 0 Å². The Kier molecular flexibility index (Phi) is 3.27. The summed E-state index contributed by atoms with van der Waals surface area (Å²) in [5.74, 6) is 0. The standard InChI is InChI=1S/C9H15N3S/c1-9(2,3)13-8-7(6-10)11-4-5-12-8/h4-5H,6,10H2,1-3H3. The predicted octanol–water partition coefficient (Wildman–Crippen LogP) is 1.83. The Balaban J connectivity index is 2.87. The van der Waals surface area contributed by atoms with Crippen LogP contribution in [0.25, 0.3) is 0 Å². The molecule has 1 aromatic rings. The van der Waals surface area contributed by atoms with Gasteiger partial charge in [-0.3, -0.25) is 4.98 Å². The van der Waals surface area contributed by atoms with E-state index in [1.54, 1.807) is 24.2 Å². The van der Waals surface area contributed by atoms with Crippen LogP contribution in [-0.2, 0) is 6.54 Å². The number of rotatable bonds is 2. The van der Waals surface area contributed by atoms with Crippen molar-refractivity contribution in [2.75, 3.05) is 0 Å². The molecular formula is C9H15N3S. The van der Waals surface area contributed by atoms with Crippen molar-refractivity contribution >= 4 is 11.8 Å². The summed E-state index contributed by atoms with van der Waals surface area (Å²) in [6, 6.07) is 0. The maximum absolute atomic E-state index is 5.55. The molecule has 1 rings (SSSR count). The van der Waals surface area contributed by atoms with Crippen LogP contribution in [-0.4, -0.2) is 14.7 Å². The van der Waals surface area contributed by atoms with Crippen LogP contribution in [0.1, 0.15) is 26.5 Å². The van der Waals surface area contributed by atoms with Crippen LogP contribution in [0.15, 0.2) is 17.4 Å². The van der Waals surface area contributed by atoms with Gasteiger partial charge in [-0.15, -0.1) is 0 Å². The fraction of sp³-hybridized carbons (Fsp3) is 0.556. The molecule has 13 heavy (non-hydrogen) atoms. The first kappa shape index (κ1) is 10.5. The minimum absolute atomic E-state index is 0.153. The van der Waals surface area contributed by atoms with E-state index in [2.05, 4.69) is 30.7 Å². The van der Waals surface area contributed by atoms with Gasteiger partial charge < -0.3 is 5.73 Å². The first-order valence-corrected chi connectivity index (χ1v) is 5.03. The number of thioether (sulfide) groups is 1. The van der Waals surface area contributed by atoms with Crippen molar-refractivity contribution in [3.05, 3.63) is 18.1 Å². The van der Waals surface area contributed by atoms with E-state index in [9.17, 15) is 0 Å². The fourth-order valence-electron chi connectivity index (χ4n) is 0.869. The smallest absolute Gasteiger partial charge is 0.119 e. The Morgan fingerprint density at radius 1 is 1.31 bits per heavy atom. The van der Waals surface area contributed by atoms with Crippen molar-refractivity contribution in [1.82, 2.24) is 9.97 Å². The minimum atomic E-state index is 0.153. The van der Waals surface area contributed by atoms with E-state index in [0.29, 0.717) is 6.54 Å². The zero-order valence-electron chi connectivity index (χ0n) is 8.24. The van der Waals surface area contributed by atoms with Gasteiger partial charge >= 0.3 is 0 Å². The summed E-state index contributed by atoms with van der Waals surface area (Å²) in [7, 11) is 0. The lowest BCUT2D eigenvalue weighted by atomic mass is 10.3. The largest absolute Gasteiger partial charge is 0.325 e. The second-order valence-electron chi connectivity index (χ2n) is 3.73. The van der Waals surface area contributed by atoms with E-state index in [1.165, 1.54) is 0 Å². The molecule has 1 aromatic heterocycles. The lowest BCUT2D eigenvalue weighted by Gasteiger charge is -2.17. The summed E-state index contributed by atoms with van der Waals surface area (Å²) >= 11 is 1.70. The molecule has 0 saturated heterocycles. The van der Waals surface area contributed by atoms with Crippen molar-refractivity contribution in [3.8, 4) is 0 Å². The van der Waals surface area contributed by atoms with Crippen molar-refractivity contribution in [3.63, 3.8) is 0 Å². The highest BCUT2D eigenvalue weighted by Gasteiger charge is 2.15. The molecule has 0 aromatic carbocycles. The zero-order valence-corrected chi connectivity index (χ0v) is 9.06. The highest BCUT2D eigenvalue weighted by atomic mass is 32.2. The molecule has 4 heteroatoms. The van der Waals surface area contributed by atoms with Crippen molar-refractivity contribution in [1.29, 1.82) is 0 Å². The molecule has 0 aliphatic carbocycles. The van der Waals surface area contributed by atoms with Crippen LogP contribution in [0, 0.1) is 0 Å². The second-order valence-corrected chi connectivity index (χ2v) is 5.54. The molecule has 0 spiro atoms. The average Bonchev–Trinajstić information content (AvgIpc) is 2.02. The molecule has 0 bridgehead atoms. The first-order chi connectivity index (χ1) is 6.03. The predicted molar refractivity (Wildman–Crippen MR) is 55.5 cm³/mol. The molecule has 1 heterocycles. The SMILES string of the molecule is CC(C)(C)Sc1nccnc1CN. The Bertz CT molecular complexity index is 280. The summed E-state index contributed by atoms with van der Waals surface area (Å²) in [5.41, 5.74) is 6.43. The molecular weight excluding hydrogens is 182 g/mol. The summed E-state index contributed by atoms with van der Waals surface area (Å²) in [4.78, 5) is 8.43. The van der Waals surface area contributed by atoms with E-state index in [0.717, 1.165) is 10.7 Å². The zero-order chi connectivity index (χ0) is 9.90. The van der Waals surface area contributed by atoms with Gasteiger partial charge in [0.15, 0.2) is 0 Å². The summed E-state index contributed by atoms with van der Waals surface area (Å²) in [6.45, 7) is 6.89. The number of hydrogen-bond donors (Lipinski definition) is 1. The molecule has 0 aliphatic rings. The number of aromatic nitrogens is 2. The fourth-order valence-corrected chi connectivity index (χ4v) is 1.82. The van der Waals surface area contributed by atoms with E-state index in [4.69, 9.17) is 5.73 Å². The first-order valence-electron chi connectivity index (χ1n) is 4.22. The van der Waals surface area contributed by atoms with Crippen molar-refractivity contribution < 1.29 is 0 Å². The molecule has 0 saturated carbocycles. The summed E-state index contributed by atoms with van der Waals surface area (Å²) in [5, 5.41) is 0.942. The molecule has 0 aliphatic heterocycles. The summed E-state index contributed by atoms with van der Waals surface area (Å²) < 4.78 is 0.153. The van der Waals surface area contributed by atoms with Gasteiger partial charge in [-0.25, -0.2) is 4.98 Å². The van der Waals surface area contributed by atoms with Gasteiger partial charge in [0.1, 0.15) is 5.03 Å². The lowest BCUT2D eigenvalue weighted by molar-refractivity contribution is 0.790. The van der Waals surface area contributed by atoms with E-state index >= 15 is 0 Å². The third-order valence-electron chi connectivity index (χ3n) is 1.33. The minimum Gasteiger partial charge on any atom is -0.325 e. The number of hydrogen-bond acceptors (Lipinski definition) is 4. The van der Waals surface area contributed by atoms with Gasteiger partial charge in [0.2, 0.25) is 0 Å². The van der Waals surface area contributed by atoms with Gasteiger partial charge in [-0.2, -0.15) is 0 Å². The highest BCUT2D eigenvalue weighted by molar-refractivity contribution is 8.00. The lowest BCUT2D eigenvalue weighted by Crippen LogP contribution is -2.10. The van der Waals surface area contributed by atoms with E-state index < -0.39 is 0 Å². The molecule has 0 atom stereocenters. The maximum Gasteiger partial charge on any atom is 0.119 e. The van der Waals surface area contributed by atoms with Crippen LogP contribution >= 0.6 is 11.8 Å². The van der Waals surface area contributed by atoms with Crippen LogP contribution < -0.4 is 5.73 Å². The maximum atomic E-state index is 5.55. The number of nitrogens with zero attached hydrogens (tertiary/aromatic N) is 2. The Morgan fingerprint density at radius 3 is 2.46 bits per heavy atom. The quantitative estimate of drug-likeness (QED) is 0.735. The van der Waals surface area contributed by atoms with Gasteiger partial charge in [-0.1, -0.05) is 32.5 Å². The third kappa shape index (κ3) is 3.32.